The van der Waals surface area contributed by atoms with Crippen LogP contribution in [0.4, 0.5) is 5.69 Å². The second-order valence-electron chi connectivity index (χ2n) is 16.9. The number of phenolic OH excluding ortho intramolecular Hbond substituents is 1. The highest BCUT2D eigenvalue weighted by atomic mass is 16.3. The zero-order valence-corrected chi connectivity index (χ0v) is 29.0. The van der Waals surface area contributed by atoms with Crippen LogP contribution in [0, 0.1) is 45.3 Å². The monoisotopic (exact) mass is 609 g/mol. The standard InChI is InChI=1S/C37H55NO6/c1-19(2)23(26(40)16-34(5,6)7)13-22-14-25(38(11)12)24-15-35(8)18-36(9)17-27(41)28(21(4)39)33(44)37(36,10)20(3)30(35)32(43)29(24)31(22)42/h14,19-20,23,26,30,40,42,44H,13,15-18H2,1-12H3/t20?,23?,26?,30?,35-,36+,37+/m0/s1. The third-order valence-corrected chi connectivity index (χ3v) is 11.8. The number of carbonyl (C=O) groups excluding carboxylic acids is 3. The molecule has 0 aromatic heterocycles. The van der Waals surface area contributed by atoms with Gasteiger partial charge in [0.05, 0.1) is 17.2 Å². The van der Waals surface area contributed by atoms with E-state index in [1.165, 1.54) is 6.92 Å². The Labute approximate surface area is 264 Å². The number of phenols is 1. The normalized spacial score (nSPS) is 31.8. The molecule has 4 unspecified atom stereocenters. The van der Waals surface area contributed by atoms with Crippen LogP contribution in [0.3, 0.4) is 0 Å². The number of hydrogen-bond acceptors (Lipinski definition) is 7. The highest BCUT2D eigenvalue weighted by Gasteiger charge is 2.67. The van der Waals surface area contributed by atoms with Gasteiger partial charge in [-0.1, -0.05) is 62.3 Å². The summed E-state index contributed by atoms with van der Waals surface area (Å²) in [5.74, 6) is -2.07. The molecule has 44 heavy (non-hydrogen) atoms. The van der Waals surface area contributed by atoms with Gasteiger partial charge in [0, 0.05) is 37.5 Å². The minimum absolute atomic E-state index is 0.0139. The first-order chi connectivity index (χ1) is 20.0. The molecule has 0 bridgehead atoms. The Hall–Kier alpha value is -2.67. The Morgan fingerprint density at radius 1 is 1.09 bits per heavy atom. The van der Waals surface area contributed by atoms with E-state index in [0.29, 0.717) is 36.8 Å². The molecule has 7 nitrogen and oxygen atoms in total. The molecule has 1 fully saturated rings. The summed E-state index contributed by atoms with van der Waals surface area (Å²) < 4.78 is 0. The first kappa shape index (κ1) is 34.2. The van der Waals surface area contributed by atoms with Crippen LogP contribution in [0.2, 0.25) is 0 Å². The van der Waals surface area contributed by atoms with Crippen molar-refractivity contribution in [3.63, 3.8) is 0 Å². The third kappa shape index (κ3) is 5.21. The van der Waals surface area contributed by atoms with Crippen molar-refractivity contribution in [2.45, 2.75) is 107 Å². The first-order valence-corrected chi connectivity index (χ1v) is 16.3. The zero-order chi connectivity index (χ0) is 33.5. The molecule has 3 N–H and O–H groups in total. The Bertz CT molecular complexity index is 1420. The number of aliphatic hydroxyl groups is 2. The van der Waals surface area contributed by atoms with Gasteiger partial charge in [-0.2, -0.15) is 0 Å². The van der Waals surface area contributed by atoms with E-state index in [1.54, 1.807) is 0 Å². The van der Waals surface area contributed by atoms with Crippen LogP contribution in [0.25, 0.3) is 0 Å². The number of anilines is 1. The predicted molar refractivity (Wildman–Crippen MR) is 174 cm³/mol. The lowest BCUT2D eigenvalue weighted by Gasteiger charge is -2.64. The van der Waals surface area contributed by atoms with E-state index in [1.807, 2.05) is 45.8 Å². The fourth-order valence-corrected chi connectivity index (χ4v) is 9.49. The van der Waals surface area contributed by atoms with Crippen LogP contribution in [0.5, 0.6) is 5.75 Å². The number of aliphatic hydroxyl groups excluding tert-OH is 2. The molecule has 0 spiro atoms. The van der Waals surface area contributed by atoms with Crippen LogP contribution in [0.1, 0.15) is 110 Å². The Kier molecular flexibility index (Phi) is 8.55. The minimum atomic E-state index is -0.976. The highest BCUT2D eigenvalue weighted by Crippen LogP contribution is 2.69. The maximum atomic E-state index is 14.8. The van der Waals surface area contributed by atoms with Gasteiger partial charge < -0.3 is 20.2 Å². The van der Waals surface area contributed by atoms with E-state index < -0.39 is 40.0 Å². The van der Waals surface area contributed by atoms with Gasteiger partial charge in [-0.05, 0) is 83.8 Å². The van der Waals surface area contributed by atoms with Gasteiger partial charge in [-0.25, -0.2) is 0 Å². The van der Waals surface area contributed by atoms with Crippen LogP contribution in [0.15, 0.2) is 17.4 Å². The molecule has 3 aliphatic rings. The summed E-state index contributed by atoms with van der Waals surface area (Å²) in [7, 11) is 3.88. The van der Waals surface area contributed by atoms with E-state index in [2.05, 4.69) is 41.5 Å². The number of allylic oxidation sites excluding steroid dienone is 2. The van der Waals surface area contributed by atoms with Crippen molar-refractivity contribution in [3.8, 4) is 5.75 Å². The highest BCUT2D eigenvalue weighted by molar-refractivity contribution is 6.20. The van der Waals surface area contributed by atoms with Crippen molar-refractivity contribution in [1.82, 2.24) is 0 Å². The maximum absolute atomic E-state index is 14.8. The molecule has 244 valence electrons. The number of ketones is 3. The summed E-state index contributed by atoms with van der Waals surface area (Å²) in [6.45, 7) is 19.8. The van der Waals surface area contributed by atoms with E-state index >= 15 is 0 Å². The first-order valence-electron chi connectivity index (χ1n) is 16.3. The second kappa shape index (κ2) is 11.0. The second-order valence-corrected chi connectivity index (χ2v) is 16.9. The zero-order valence-electron chi connectivity index (χ0n) is 29.0. The predicted octanol–water partition coefficient (Wildman–Crippen LogP) is 6.86. The summed E-state index contributed by atoms with van der Waals surface area (Å²) in [5.41, 5.74) is 0.297. The van der Waals surface area contributed by atoms with Crippen molar-refractivity contribution in [2.75, 3.05) is 19.0 Å². The summed E-state index contributed by atoms with van der Waals surface area (Å²) in [6.07, 6.45) is 1.67. The van der Waals surface area contributed by atoms with E-state index in [-0.39, 0.29) is 52.3 Å². The summed E-state index contributed by atoms with van der Waals surface area (Å²) in [4.78, 5) is 42.5. The van der Waals surface area contributed by atoms with Gasteiger partial charge in [0.15, 0.2) is 17.3 Å². The number of aromatic hydroxyl groups is 1. The quantitative estimate of drug-likeness (QED) is 0.289. The number of carbonyl (C=O) groups is 3. The van der Waals surface area contributed by atoms with Crippen LogP contribution in [-0.4, -0.2) is 52.9 Å². The molecular formula is C37H55NO6. The van der Waals surface area contributed by atoms with Gasteiger partial charge in [0.2, 0.25) is 0 Å². The number of Topliss-reactive ketones (excluding diaryl/α,β-unsaturated/α-hetero) is 3. The van der Waals surface area contributed by atoms with E-state index in [0.717, 1.165) is 11.3 Å². The van der Waals surface area contributed by atoms with Crippen LogP contribution in [-0.2, 0) is 22.4 Å². The maximum Gasteiger partial charge on any atom is 0.170 e. The molecule has 1 aromatic carbocycles. The molecular weight excluding hydrogens is 554 g/mol. The van der Waals surface area contributed by atoms with Crippen LogP contribution < -0.4 is 4.90 Å². The summed E-state index contributed by atoms with van der Waals surface area (Å²) in [6, 6.07) is 1.99. The summed E-state index contributed by atoms with van der Waals surface area (Å²) in [5, 5.41) is 34.8. The molecule has 7 atom stereocenters. The molecule has 3 aliphatic carbocycles. The SMILES string of the molecule is CC(=O)C1=C(O)[C@@]2(C)C(C)C3C(=O)c4c(O)c(CC(C(C)C)C(O)CC(C)(C)C)cc(N(C)C)c4C[C@@]3(C)C[C@@]2(C)CC1=O. The molecule has 0 radical (unpaired) electrons. The topological polar surface area (TPSA) is 115 Å². The van der Waals surface area contributed by atoms with Gasteiger partial charge >= 0.3 is 0 Å². The lowest BCUT2D eigenvalue weighted by atomic mass is 9.38. The molecule has 0 aliphatic heterocycles. The molecule has 0 amide bonds. The largest absolute Gasteiger partial charge is 0.511 e. The van der Waals surface area contributed by atoms with Gasteiger partial charge in [0.1, 0.15) is 11.5 Å². The van der Waals surface area contributed by atoms with E-state index in [9.17, 15) is 29.7 Å². The number of nitrogens with zero attached hydrogens (tertiary/aromatic N) is 1. The number of rotatable bonds is 7. The average Bonchev–Trinajstić information content (AvgIpc) is 2.83. The molecule has 1 aromatic rings. The molecule has 7 heteroatoms. The average molecular weight is 610 g/mol. The number of benzene rings is 1. The van der Waals surface area contributed by atoms with Crippen molar-refractivity contribution < 1.29 is 29.7 Å². The fraction of sp³-hybridized carbons (Fsp3) is 0.703. The van der Waals surface area contributed by atoms with Gasteiger partial charge in [-0.15, -0.1) is 0 Å². The van der Waals surface area contributed by atoms with Crippen molar-refractivity contribution in [1.29, 1.82) is 0 Å². The fourth-order valence-electron chi connectivity index (χ4n) is 9.49. The van der Waals surface area contributed by atoms with Gasteiger partial charge in [-0.3, -0.25) is 14.4 Å². The Balaban J connectivity index is 1.89. The third-order valence-electron chi connectivity index (χ3n) is 11.8. The Morgan fingerprint density at radius 2 is 1.68 bits per heavy atom. The van der Waals surface area contributed by atoms with Crippen molar-refractivity contribution in [2.24, 2.45) is 45.3 Å². The lowest BCUT2D eigenvalue weighted by molar-refractivity contribution is -0.146. The molecule has 0 saturated heterocycles. The molecule has 1 saturated carbocycles. The number of fused-ring (bicyclic) bond motifs is 3. The Morgan fingerprint density at radius 3 is 2.18 bits per heavy atom. The van der Waals surface area contributed by atoms with Gasteiger partial charge in [0.25, 0.3) is 0 Å². The molecule has 0 heterocycles. The number of hydrogen-bond donors (Lipinski definition) is 3. The van der Waals surface area contributed by atoms with Crippen LogP contribution >= 0.6 is 0 Å². The van der Waals surface area contributed by atoms with E-state index in [4.69, 9.17) is 0 Å². The van der Waals surface area contributed by atoms with Crippen molar-refractivity contribution in [3.05, 3.63) is 34.1 Å². The van der Waals surface area contributed by atoms with Crippen molar-refractivity contribution >= 4 is 23.0 Å². The molecule has 4 rings (SSSR count). The minimum Gasteiger partial charge on any atom is -0.511 e. The smallest absolute Gasteiger partial charge is 0.170 e. The summed E-state index contributed by atoms with van der Waals surface area (Å²) >= 11 is 0. The lowest BCUT2D eigenvalue weighted by Crippen LogP contribution is -2.62.